The molecule has 202 valence electrons. The number of likely N-dealkylation sites (tertiary alicyclic amines) is 1. The second kappa shape index (κ2) is 7.90. The highest BCUT2D eigenvalue weighted by Gasteiger charge is 2.78. The maximum atomic E-state index is 13.5. The standard InChI is InChI=1S/C25H32N8O5/c1-23(2)8-12-4-3-5-13(14(12)9-23)20(36)29-16-11-33-22(27)28-15(10-32-17(34)6-7-18(32)35)19-24(33,25(16,37)38)31-21(26)30-19/h3-5,15-16,19,37-38H,6-11H2,1-2H3,(H6,26,27,28,29,30,31,36)/p+2/t15-,16?,19-,24-/m0/s1. The lowest BCUT2D eigenvalue weighted by atomic mass is 9.85. The predicted molar refractivity (Wildman–Crippen MR) is 133 cm³/mol. The maximum Gasteiger partial charge on any atom is 0.347 e. The minimum atomic E-state index is -2.55. The van der Waals surface area contributed by atoms with Crippen molar-refractivity contribution in [2.75, 3.05) is 13.1 Å². The average molecular weight is 527 g/mol. The fourth-order valence-corrected chi connectivity index (χ4v) is 6.93. The van der Waals surface area contributed by atoms with Crippen molar-refractivity contribution in [3.8, 4) is 0 Å². The molecular weight excluding hydrogens is 492 g/mol. The van der Waals surface area contributed by atoms with E-state index in [1.54, 1.807) is 6.07 Å². The van der Waals surface area contributed by atoms with Gasteiger partial charge in [0.1, 0.15) is 12.1 Å². The first-order chi connectivity index (χ1) is 17.8. The topological polar surface area (TPSA) is 200 Å². The molecule has 5 aliphatic rings. The Morgan fingerprint density at radius 3 is 2.63 bits per heavy atom. The molecule has 0 aromatic heterocycles. The Morgan fingerprint density at radius 2 is 1.92 bits per heavy atom. The van der Waals surface area contributed by atoms with Crippen LogP contribution in [0.5, 0.6) is 0 Å². The number of hydrogen-bond acceptors (Lipinski definition) is 9. The number of guanidine groups is 2. The van der Waals surface area contributed by atoms with E-state index in [4.69, 9.17) is 11.5 Å². The zero-order chi connectivity index (χ0) is 27.2. The molecule has 0 bridgehead atoms. The van der Waals surface area contributed by atoms with Crippen molar-refractivity contribution in [2.45, 2.75) is 69.1 Å². The molecule has 1 aliphatic carbocycles. The van der Waals surface area contributed by atoms with Gasteiger partial charge in [0.15, 0.2) is 6.04 Å². The summed E-state index contributed by atoms with van der Waals surface area (Å²) in [6.45, 7) is 4.23. The third-order valence-corrected chi connectivity index (χ3v) is 8.63. The van der Waals surface area contributed by atoms with Crippen molar-refractivity contribution in [1.82, 2.24) is 20.9 Å². The van der Waals surface area contributed by atoms with Crippen LogP contribution >= 0.6 is 0 Å². The number of carbonyl (C=O) groups is 3. The fraction of sp³-hybridized carbons (Fsp3) is 0.560. The first-order valence-electron chi connectivity index (χ1n) is 12.9. The second-order valence-electron chi connectivity index (χ2n) is 11.8. The molecule has 2 fully saturated rings. The summed E-state index contributed by atoms with van der Waals surface area (Å²) in [5.74, 6) is -3.40. The number of nitrogens with one attached hydrogen (secondary N) is 4. The third-order valence-electron chi connectivity index (χ3n) is 8.63. The molecule has 6 rings (SSSR count). The van der Waals surface area contributed by atoms with Crippen LogP contribution in [0.15, 0.2) is 18.2 Å². The molecular formula is C25H34N8O5+2. The molecule has 4 atom stereocenters. The van der Waals surface area contributed by atoms with Crippen molar-refractivity contribution in [3.05, 3.63) is 34.9 Å². The van der Waals surface area contributed by atoms with Gasteiger partial charge in [-0.1, -0.05) is 26.0 Å². The molecule has 13 heteroatoms. The quantitative estimate of drug-likeness (QED) is 0.108. The number of imide groups is 1. The predicted octanol–water partition coefficient (Wildman–Crippen LogP) is -4.88. The van der Waals surface area contributed by atoms with E-state index in [-0.39, 0.29) is 55.1 Å². The molecule has 3 amide bonds. The van der Waals surface area contributed by atoms with Gasteiger partial charge in [0, 0.05) is 18.4 Å². The first-order valence-corrected chi connectivity index (χ1v) is 12.9. The van der Waals surface area contributed by atoms with Crippen LogP contribution in [0.4, 0.5) is 0 Å². The minimum absolute atomic E-state index is 0.0334. The van der Waals surface area contributed by atoms with Crippen molar-refractivity contribution in [1.29, 1.82) is 0 Å². The lowest BCUT2D eigenvalue weighted by Crippen LogP contribution is -2.92. The van der Waals surface area contributed by atoms with Gasteiger partial charge in [-0.25, -0.2) is 9.89 Å². The monoisotopic (exact) mass is 526 g/mol. The maximum absolute atomic E-state index is 13.5. The number of nitrogens with two attached hydrogens (primary N) is 2. The third kappa shape index (κ3) is 3.34. The molecule has 13 nitrogen and oxygen atoms in total. The Bertz CT molecular complexity index is 1320. The second-order valence-corrected chi connectivity index (χ2v) is 11.8. The average Bonchev–Trinajstić information content (AvgIpc) is 3.52. The highest BCUT2D eigenvalue weighted by atomic mass is 16.5. The van der Waals surface area contributed by atoms with Crippen molar-refractivity contribution >= 4 is 29.6 Å². The van der Waals surface area contributed by atoms with Crippen LogP contribution < -0.4 is 32.4 Å². The Morgan fingerprint density at radius 1 is 1.21 bits per heavy atom. The van der Waals surface area contributed by atoms with Gasteiger partial charge < -0.3 is 15.5 Å². The zero-order valence-electron chi connectivity index (χ0n) is 21.4. The SMILES string of the molecule is CC1(C)Cc2cccc(C(=O)NC3C[N+]4=C(N)N[C@@H](CN5C(=O)CCC5=O)[C@@H]5[NH+]=C(N)N[C@@]54C3(O)O)c2C1. The zero-order valence-corrected chi connectivity index (χ0v) is 21.4. The lowest BCUT2D eigenvalue weighted by Gasteiger charge is -2.41. The van der Waals surface area contributed by atoms with Gasteiger partial charge in [0.2, 0.25) is 11.8 Å². The molecule has 1 aromatic carbocycles. The number of carbonyl (C=O) groups excluding carboxylic acids is 3. The van der Waals surface area contributed by atoms with E-state index in [0.717, 1.165) is 28.9 Å². The van der Waals surface area contributed by atoms with E-state index in [9.17, 15) is 24.6 Å². The van der Waals surface area contributed by atoms with Gasteiger partial charge in [-0.3, -0.25) is 41.1 Å². The van der Waals surface area contributed by atoms with Crippen LogP contribution in [-0.4, -0.2) is 92.0 Å². The fourth-order valence-electron chi connectivity index (χ4n) is 6.93. The van der Waals surface area contributed by atoms with Crippen molar-refractivity contribution in [3.63, 3.8) is 0 Å². The van der Waals surface area contributed by atoms with E-state index >= 15 is 0 Å². The van der Waals surface area contributed by atoms with Gasteiger partial charge >= 0.3 is 11.9 Å². The summed E-state index contributed by atoms with van der Waals surface area (Å²) in [6.07, 6.45) is 1.87. The highest BCUT2D eigenvalue weighted by Crippen LogP contribution is 2.40. The van der Waals surface area contributed by atoms with E-state index in [1.807, 2.05) is 12.1 Å². The molecule has 1 unspecified atom stereocenters. The summed E-state index contributed by atoms with van der Waals surface area (Å²) in [7, 11) is 0. The molecule has 10 N–H and O–H groups in total. The van der Waals surface area contributed by atoms with Crippen LogP contribution in [0.1, 0.15) is 48.2 Å². The van der Waals surface area contributed by atoms with Crippen LogP contribution in [0.2, 0.25) is 0 Å². The summed E-state index contributed by atoms with van der Waals surface area (Å²) in [4.78, 5) is 42.3. The van der Waals surface area contributed by atoms with Gasteiger partial charge in [0.25, 0.3) is 17.4 Å². The Labute approximate surface area is 218 Å². The van der Waals surface area contributed by atoms with Gasteiger partial charge in [-0.05, 0) is 35.4 Å². The molecule has 4 heterocycles. The molecule has 38 heavy (non-hydrogen) atoms. The normalized spacial score (nSPS) is 32.4. The molecule has 0 radical (unpaired) electrons. The molecule has 4 aliphatic heterocycles. The van der Waals surface area contributed by atoms with Gasteiger partial charge in [-0.2, -0.15) is 0 Å². The smallest absolute Gasteiger partial charge is 0.347 e. The van der Waals surface area contributed by atoms with Crippen LogP contribution in [-0.2, 0) is 22.4 Å². The van der Waals surface area contributed by atoms with Gasteiger partial charge in [-0.15, -0.1) is 0 Å². The Balaban J connectivity index is 1.31. The van der Waals surface area contributed by atoms with Crippen molar-refractivity contribution in [2.24, 2.45) is 16.9 Å². The summed E-state index contributed by atoms with van der Waals surface area (Å²) in [5, 5.41) is 32.2. The highest BCUT2D eigenvalue weighted by molar-refractivity contribution is 6.02. The lowest BCUT2D eigenvalue weighted by molar-refractivity contribution is -0.674. The molecule has 0 saturated carbocycles. The number of nitrogens with zero attached hydrogens (tertiary/aromatic N) is 2. The minimum Gasteiger partial charge on any atom is -0.358 e. The van der Waals surface area contributed by atoms with E-state index < -0.39 is 35.5 Å². The van der Waals surface area contributed by atoms with Crippen LogP contribution in [0, 0.1) is 5.41 Å². The number of rotatable bonds is 4. The first kappa shape index (κ1) is 24.6. The molecule has 2 saturated heterocycles. The number of benzene rings is 1. The summed E-state index contributed by atoms with van der Waals surface area (Å²) in [6, 6.07) is 2.93. The molecule has 1 spiro atoms. The number of aliphatic hydroxyl groups is 2. The Kier molecular flexibility index (Phi) is 5.12. The van der Waals surface area contributed by atoms with Crippen molar-refractivity contribution < 1.29 is 34.2 Å². The molecule has 1 aromatic rings. The number of amides is 3. The summed E-state index contributed by atoms with van der Waals surface area (Å²) < 4.78 is 1.53. The van der Waals surface area contributed by atoms with E-state index in [2.05, 4.69) is 34.8 Å². The number of hydrogen-bond donors (Lipinski definition) is 8. The summed E-state index contributed by atoms with van der Waals surface area (Å²) >= 11 is 0. The summed E-state index contributed by atoms with van der Waals surface area (Å²) in [5.41, 5.74) is 13.4. The van der Waals surface area contributed by atoms with Crippen LogP contribution in [0.3, 0.4) is 0 Å². The van der Waals surface area contributed by atoms with Crippen LogP contribution in [0.25, 0.3) is 0 Å². The number of fused-ring (bicyclic) bond motifs is 1. The largest absolute Gasteiger partial charge is 0.358 e. The Hall–Kier alpha value is -3.71. The van der Waals surface area contributed by atoms with E-state index in [0.29, 0.717) is 5.56 Å². The van der Waals surface area contributed by atoms with Gasteiger partial charge in [0.05, 0.1) is 13.1 Å². The van der Waals surface area contributed by atoms with E-state index in [1.165, 1.54) is 4.58 Å².